The highest BCUT2D eigenvalue weighted by Gasteiger charge is 2.27. The van der Waals surface area contributed by atoms with Gasteiger partial charge in [0.1, 0.15) is 15.4 Å². The smallest absolute Gasteiger partial charge is 0.333 e. The first-order valence-electron chi connectivity index (χ1n) is 11.6. The third kappa shape index (κ3) is 6.56. The monoisotopic (exact) mass is 488 g/mol. The van der Waals surface area contributed by atoms with Gasteiger partial charge in [-0.3, -0.25) is 9.59 Å². The van der Waals surface area contributed by atoms with Gasteiger partial charge in [-0.25, -0.2) is 13.2 Å². The highest BCUT2D eigenvalue weighted by atomic mass is 32.2. The number of nitrogens with zero attached hydrogens (tertiary/aromatic N) is 1. The second-order valence-electron chi connectivity index (χ2n) is 8.72. The highest BCUT2D eigenvalue weighted by Crippen LogP contribution is 2.21. The van der Waals surface area contributed by atoms with E-state index in [1.165, 1.54) is 13.4 Å². The van der Waals surface area contributed by atoms with E-state index in [0.29, 0.717) is 12.0 Å². The number of benzene rings is 1. The molecule has 0 fully saturated rings. The van der Waals surface area contributed by atoms with E-state index in [-0.39, 0.29) is 24.3 Å². The van der Waals surface area contributed by atoms with Crippen LogP contribution in [-0.4, -0.2) is 44.0 Å². The standard InChI is InChI=1S/C25H32N2O6S/c1-33-25(30)22(18-11-7-5-8-12-18)26-23(28)20-17-19-13-6-3-4-9-14-21(19)27(24(20)29)15-10-16-34(2,31)32/h5,7-8,11-12,17,22H,3-4,6,9-10,13-16H2,1-2H3,(H,26,28). The summed E-state index contributed by atoms with van der Waals surface area (Å²) in [5.41, 5.74) is 1.83. The number of esters is 1. The van der Waals surface area contributed by atoms with Crippen molar-refractivity contribution >= 4 is 21.7 Å². The van der Waals surface area contributed by atoms with Crippen LogP contribution in [0.3, 0.4) is 0 Å². The molecule has 1 aliphatic rings. The van der Waals surface area contributed by atoms with E-state index in [0.717, 1.165) is 43.4 Å². The summed E-state index contributed by atoms with van der Waals surface area (Å²) in [4.78, 5) is 39.1. The van der Waals surface area contributed by atoms with Crippen LogP contribution in [0.5, 0.6) is 0 Å². The average Bonchev–Trinajstić information content (AvgIpc) is 2.79. The van der Waals surface area contributed by atoms with Gasteiger partial charge in [-0.1, -0.05) is 43.2 Å². The third-order valence-electron chi connectivity index (χ3n) is 6.09. The maximum atomic E-state index is 13.4. The number of aromatic nitrogens is 1. The lowest BCUT2D eigenvalue weighted by molar-refractivity contribution is -0.143. The molecule has 0 spiro atoms. The summed E-state index contributed by atoms with van der Waals surface area (Å²) in [5.74, 6) is -1.34. The van der Waals surface area contributed by atoms with E-state index in [1.807, 2.05) is 0 Å². The molecule has 184 valence electrons. The van der Waals surface area contributed by atoms with Crippen molar-refractivity contribution in [2.24, 2.45) is 0 Å². The van der Waals surface area contributed by atoms with Crippen molar-refractivity contribution in [1.82, 2.24) is 9.88 Å². The van der Waals surface area contributed by atoms with Gasteiger partial charge in [-0.15, -0.1) is 0 Å². The topological polar surface area (TPSA) is 112 Å². The van der Waals surface area contributed by atoms with Crippen LogP contribution >= 0.6 is 0 Å². The summed E-state index contributed by atoms with van der Waals surface area (Å²) >= 11 is 0. The Morgan fingerprint density at radius 2 is 1.76 bits per heavy atom. The molecular formula is C25H32N2O6S. The molecule has 1 unspecified atom stereocenters. The number of hydrogen-bond acceptors (Lipinski definition) is 6. The second kappa shape index (κ2) is 11.5. The van der Waals surface area contributed by atoms with E-state index in [9.17, 15) is 22.8 Å². The zero-order valence-electron chi connectivity index (χ0n) is 19.7. The molecule has 0 bridgehead atoms. The number of pyridine rings is 1. The van der Waals surface area contributed by atoms with Crippen LogP contribution in [0.25, 0.3) is 0 Å². The summed E-state index contributed by atoms with van der Waals surface area (Å²) in [6.45, 7) is 0.217. The van der Waals surface area contributed by atoms with Gasteiger partial charge < -0.3 is 14.6 Å². The number of aryl methyl sites for hydroxylation is 1. The van der Waals surface area contributed by atoms with Crippen molar-refractivity contribution < 1.29 is 22.7 Å². The molecule has 2 aromatic rings. The first kappa shape index (κ1) is 25.7. The molecule has 1 amide bonds. The average molecular weight is 489 g/mol. The van der Waals surface area contributed by atoms with E-state index in [2.05, 4.69) is 5.32 Å². The molecule has 1 aromatic carbocycles. The Bertz CT molecular complexity index is 1190. The van der Waals surface area contributed by atoms with Crippen molar-refractivity contribution in [2.45, 2.75) is 57.5 Å². The molecule has 0 saturated carbocycles. The van der Waals surface area contributed by atoms with E-state index >= 15 is 0 Å². The number of methoxy groups -OCH3 is 1. The Balaban J connectivity index is 1.99. The molecule has 1 heterocycles. The van der Waals surface area contributed by atoms with Crippen LogP contribution in [0.4, 0.5) is 0 Å². The van der Waals surface area contributed by atoms with Gasteiger partial charge in [0.2, 0.25) is 0 Å². The molecular weight excluding hydrogens is 456 g/mol. The maximum absolute atomic E-state index is 13.4. The quantitative estimate of drug-likeness (QED) is 0.572. The number of nitrogens with one attached hydrogen (secondary N) is 1. The normalized spacial score (nSPS) is 14.9. The predicted octanol–water partition coefficient (Wildman–Crippen LogP) is 2.59. The van der Waals surface area contributed by atoms with E-state index in [4.69, 9.17) is 4.74 Å². The molecule has 1 N–H and O–H groups in total. The Kier molecular flexibility index (Phi) is 8.66. The SMILES string of the molecule is COC(=O)C(NC(=O)c1cc2c(n(CCCS(C)(=O)=O)c1=O)CCCCCC2)c1ccccc1. The van der Waals surface area contributed by atoms with Crippen LogP contribution in [0.15, 0.2) is 41.2 Å². The number of sulfone groups is 1. The van der Waals surface area contributed by atoms with E-state index in [1.54, 1.807) is 41.0 Å². The second-order valence-corrected chi connectivity index (χ2v) is 11.0. The minimum Gasteiger partial charge on any atom is -0.467 e. The maximum Gasteiger partial charge on any atom is 0.333 e. The number of carbonyl (C=O) groups excluding carboxylic acids is 2. The molecule has 9 heteroatoms. The molecule has 0 radical (unpaired) electrons. The number of rotatable bonds is 8. The minimum atomic E-state index is -3.17. The van der Waals surface area contributed by atoms with Crippen LogP contribution in [0.1, 0.15) is 65.3 Å². The van der Waals surface area contributed by atoms with Crippen molar-refractivity contribution in [3.8, 4) is 0 Å². The Morgan fingerprint density at radius 1 is 1.09 bits per heavy atom. The van der Waals surface area contributed by atoms with Crippen molar-refractivity contribution in [2.75, 3.05) is 19.1 Å². The molecule has 8 nitrogen and oxygen atoms in total. The third-order valence-corrected chi connectivity index (χ3v) is 7.12. The molecule has 1 aromatic heterocycles. The summed E-state index contributed by atoms with van der Waals surface area (Å²) < 4.78 is 29.7. The van der Waals surface area contributed by atoms with Crippen LogP contribution in [-0.2, 0) is 38.8 Å². The van der Waals surface area contributed by atoms with E-state index < -0.39 is 33.3 Å². The fraction of sp³-hybridized carbons (Fsp3) is 0.480. The Morgan fingerprint density at radius 3 is 2.41 bits per heavy atom. The molecule has 3 rings (SSSR count). The Hall–Kier alpha value is -2.94. The van der Waals surface area contributed by atoms with Gasteiger partial charge in [-0.05, 0) is 49.3 Å². The van der Waals surface area contributed by atoms with Gasteiger partial charge in [0.15, 0.2) is 6.04 Å². The Labute approximate surface area is 200 Å². The first-order valence-corrected chi connectivity index (χ1v) is 13.6. The summed E-state index contributed by atoms with van der Waals surface area (Å²) in [7, 11) is -1.93. The molecule has 0 aliphatic heterocycles. The lowest BCUT2D eigenvalue weighted by Crippen LogP contribution is -2.39. The number of ether oxygens (including phenoxy) is 1. The van der Waals surface area contributed by atoms with Crippen molar-refractivity contribution in [1.29, 1.82) is 0 Å². The zero-order valence-corrected chi connectivity index (χ0v) is 20.5. The molecule has 34 heavy (non-hydrogen) atoms. The fourth-order valence-corrected chi connectivity index (χ4v) is 5.02. The lowest BCUT2D eigenvalue weighted by atomic mass is 9.95. The van der Waals surface area contributed by atoms with Crippen molar-refractivity contribution in [3.63, 3.8) is 0 Å². The summed E-state index contributed by atoms with van der Waals surface area (Å²) in [6.07, 6.45) is 6.92. The molecule has 1 atom stereocenters. The molecule has 1 aliphatic carbocycles. The van der Waals surface area contributed by atoms with Crippen LogP contribution < -0.4 is 10.9 Å². The molecule has 0 saturated heterocycles. The van der Waals surface area contributed by atoms with Gasteiger partial charge in [0.25, 0.3) is 11.5 Å². The first-order chi connectivity index (χ1) is 16.2. The number of amides is 1. The van der Waals surface area contributed by atoms with Gasteiger partial charge in [0.05, 0.1) is 12.9 Å². The number of fused-ring (bicyclic) bond motifs is 1. The summed E-state index contributed by atoms with van der Waals surface area (Å²) in [6, 6.07) is 9.28. The predicted molar refractivity (Wildman–Crippen MR) is 130 cm³/mol. The number of hydrogen-bond donors (Lipinski definition) is 1. The lowest BCUT2D eigenvalue weighted by Gasteiger charge is -2.22. The highest BCUT2D eigenvalue weighted by molar-refractivity contribution is 7.90. The van der Waals surface area contributed by atoms with Crippen LogP contribution in [0.2, 0.25) is 0 Å². The van der Waals surface area contributed by atoms with Crippen LogP contribution in [0, 0.1) is 0 Å². The number of carbonyl (C=O) groups is 2. The minimum absolute atomic E-state index is 0.0386. The van der Waals surface area contributed by atoms with Gasteiger partial charge in [-0.2, -0.15) is 0 Å². The van der Waals surface area contributed by atoms with Gasteiger partial charge in [0, 0.05) is 18.5 Å². The zero-order chi connectivity index (χ0) is 24.7. The summed E-state index contributed by atoms with van der Waals surface area (Å²) in [5, 5.41) is 2.66. The largest absolute Gasteiger partial charge is 0.467 e. The fourth-order valence-electron chi connectivity index (χ4n) is 4.37. The van der Waals surface area contributed by atoms with Crippen molar-refractivity contribution in [3.05, 3.63) is 69.1 Å². The van der Waals surface area contributed by atoms with Gasteiger partial charge >= 0.3 is 5.97 Å².